The van der Waals surface area contributed by atoms with Crippen LogP contribution in [0.15, 0.2) is 78.9 Å². The molecular weight excluding hydrogens is 384 g/mol. The zero-order valence-electron chi connectivity index (χ0n) is 17.6. The molecule has 2 amide bonds. The van der Waals surface area contributed by atoms with Crippen molar-refractivity contribution < 1.29 is 9.59 Å². The molecule has 1 fully saturated rings. The van der Waals surface area contributed by atoms with Gasteiger partial charge in [-0.3, -0.25) is 9.59 Å². The fourth-order valence-corrected chi connectivity index (χ4v) is 4.69. The minimum atomic E-state index is -0.444. The molecule has 3 aromatic rings. The summed E-state index contributed by atoms with van der Waals surface area (Å²) in [5.41, 5.74) is 4.68. The SMILES string of the molecule is Cc1cccc(C2C(C(=O)NCc3ccccc3)c3ccccc3C(=O)N2C2CC2)c1. The van der Waals surface area contributed by atoms with Crippen LogP contribution in [0.3, 0.4) is 0 Å². The molecule has 3 aromatic carbocycles. The van der Waals surface area contributed by atoms with Crippen molar-refractivity contribution in [2.75, 3.05) is 0 Å². The molecule has 2 unspecified atom stereocenters. The minimum absolute atomic E-state index is 0.0386. The van der Waals surface area contributed by atoms with Crippen LogP contribution in [-0.2, 0) is 11.3 Å². The number of rotatable bonds is 5. The second kappa shape index (κ2) is 8.03. The van der Waals surface area contributed by atoms with Crippen molar-refractivity contribution in [2.24, 2.45) is 0 Å². The summed E-state index contributed by atoms with van der Waals surface area (Å²) < 4.78 is 0. The van der Waals surface area contributed by atoms with Gasteiger partial charge in [-0.1, -0.05) is 78.4 Å². The molecule has 0 saturated heterocycles. The number of benzene rings is 3. The number of nitrogens with zero attached hydrogens (tertiary/aromatic N) is 1. The molecule has 1 heterocycles. The van der Waals surface area contributed by atoms with Gasteiger partial charge >= 0.3 is 0 Å². The van der Waals surface area contributed by atoms with E-state index in [1.54, 1.807) is 0 Å². The number of aryl methyl sites for hydroxylation is 1. The van der Waals surface area contributed by atoms with Gasteiger partial charge in [-0.2, -0.15) is 0 Å². The smallest absolute Gasteiger partial charge is 0.254 e. The average Bonchev–Trinajstić information content (AvgIpc) is 3.63. The van der Waals surface area contributed by atoms with Crippen molar-refractivity contribution in [3.8, 4) is 0 Å². The monoisotopic (exact) mass is 410 g/mol. The first-order valence-corrected chi connectivity index (χ1v) is 10.9. The highest BCUT2D eigenvalue weighted by atomic mass is 16.2. The maximum Gasteiger partial charge on any atom is 0.254 e. The van der Waals surface area contributed by atoms with Crippen molar-refractivity contribution in [1.29, 1.82) is 0 Å². The lowest BCUT2D eigenvalue weighted by atomic mass is 9.78. The van der Waals surface area contributed by atoms with Gasteiger partial charge in [0.15, 0.2) is 0 Å². The van der Waals surface area contributed by atoms with Gasteiger partial charge in [0.2, 0.25) is 5.91 Å². The van der Waals surface area contributed by atoms with Crippen LogP contribution in [0.25, 0.3) is 0 Å². The Labute approximate surface area is 182 Å². The van der Waals surface area contributed by atoms with Crippen molar-refractivity contribution >= 4 is 11.8 Å². The van der Waals surface area contributed by atoms with Crippen LogP contribution in [0.4, 0.5) is 0 Å². The highest BCUT2D eigenvalue weighted by molar-refractivity contribution is 6.01. The Bertz CT molecular complexity index is 1120. The van der Waals surface area contributed by atoms with Crippen LogP contribution in [-0.4, -0.2) is 22.8 Å². The Hall–Kier alpha value is -3.40. The molecule has 2 aliphatic rings. The zero-order chi connectivity index (χ0) is 21.4. The number of nitrogens with one attached hydrogen (secondary N) is 1. The van der Waals surface area contributed by atoms with Gasteiger partial charge in [0.1, 0.15) is 0 Å². The van der Waals surface area contributed by atoms with E-state index in [0.29, 0.717) is 12.1 Å². The Morgan fingerprint density at radius 2 is 1.71 bits per heavy atom. The number of fused-ring (bicyclic) bond motifs is 1. The number of amides is 2. The molecule has 0 bridgehead atoms. The highest BCUT2D eigenvalue weighted by Crippen LogP contribution is 2.47. The number of carbonyl (C=O) groups excluding carboxylic acids is 2. The number of hydrogen-bond acceptors (Lipinski definition) is 2. The molecule has 0 aromatic heterocycles. The summed E-state index contributed by atoms with van der Waals surface area (Å²) in [5, 5.41) is 3.14. The van der Waals surface area contributed by atoms with E-state index in [4.69, 9.17) is 0 Å². The van der Waals surface area contributed by atoms with Gasteiger partial charge in [-0.25, -0.2) is 0 Å². The van der Waals surface area contributed by atoms with Crippen LogP contribution < -0.4 is 5.32 Å². The number of carbonyl (C=O) groups is 2. The molecule has 1 aliphatic heterocycles. The van der Waals surface area contributed by atoms with E-state index in [9.17, 15) is 9.59 Å². The fourth-order valence-electron chi connectivity index (χ4n) is 4.69. The Morgan fingerprint density at radius 3 is 2.45 bits per heavy atom. The van der Waals surface area contributed by atoms with Gasteiger partial charge < -0.3 is 10.2 Å². The molecule has 5 rings (SSSR count). The van der Waals surface area contributed by atoms with Gasteiger partial charge in [-0.05, 0) is 42.5 Å². The first-order valence-electron chi connectivity index (χ1n) is 10.9. The summed E-state index contributed by atoms with van der Waals surface area (Å²) in [4.78, 5) is 29.1. The molecule has 1 aliphatic carbocycles. The van der Waals surface area contributed by atoms with Gasteiger partial charge in [0.05, 0.1) is 12.0 Å². The predicted molar refractivity (Wildman–Crippen MR) is 121 cm³/mol. The second-order valence-corrected chi connectivity index (χ2v) is 8.57. The summed E-state index contributed by atoms with van der Waals surface area (Å²) in [6.07, 6.45) is 1.99. The van der Waals surface area contributed by atoms with Gasteiger partial charge in [-0.15, -0.1) is 0 Å². The molecule has 2 atom stereocenters. The average molecular weight is 411 g/mol. The lowest BCUT2D eigenvalue weighted by Crippen LogP contribution is -2.48. The van der Waals surface area contributed by atoms with E-state index in [-0.39, 0.29) is 23.9 Å². The normalized spacial score (nSPS) is 20.3. The summed E-state index contributed by atoms with van der Waals surface area (Å²) >= 11 is 0. The molecule has 1 saturated carbocycles. The molecule has 4 heteroatoms. The van der Waals surface area contributed by atoms with Crippen molar-refractivity contribution in [2.45, 2.75) is 44.3 Å². The van der Waals surface area contributed by atoms with Crippen molar-refractivity contribution in [3.63, 3.8) is 0 Å². The maximum absolute atomic E-state index is 13.6. The molecular formula is C27H26N2O2. The Kier molecular flexibility index (Phi) is 5.06. The first-order chi connectivity index (χ1) is 15.1. The topological polar surface area (TPSA) is 49.4 Å². The van der Waals surface area contributed by atoms with E-state index < -0.39 is 5.92 Å². The standard InChI is InChI=1S/C27H26N2O2/c1-18-8-7-11-20(16-18)25-24(26(30)28-17-19-9-3-2-4-10-19)22-12-5-6-13-23(22)27(31)29(25)21-14-15-21/h2-13,16,21,24-25H,14-15,17H2,1H3,(H,28,30). The van der Waals surface area contributed by atoms with Gasteiger partial charge in [0.25, 0.3) is 5.91 Å². The maximum atomic E-state index is 13.6. The molecule has 31 heavy (non-hydrogen) atoms. The van der Waals surface area contributed by atoms with E-state index in [2.05, 4.69) is 11.4 Å². The minimum Gasteiger partial charge on any atom is -0.351 e. The van der Waals surface area contributed by atoms with E-state index in [1.165, 1.54) is 0 Å². The van der Waals surface area contributed by atoms with Crippen LogP contribution in [0.5, 0.6) is 0 Å². The summed E-state index contributed by atoms with van der Waals surface area (Å²) in [7, 11) is 0. The third-order valence-electron chi connectivity index (χ3n) is 6.29. The lowest BCUT2D eigenvalue weighted by molar-refractivity contribution is -0.124. The van der Waals surface area contributed by atoms with Crippen LogP contribution >= 0.6 is 0 Å². The van der Waals surface area contributed by atoms with E-state index in [1.807, 2.05) is 84.6 Å². The molecule has 156 valence electrons. The summed E-state index contributed by atoms with van der Waals surface area (Å²) in [6.45, 7) is 2.52. The quantitative estimate of drug-likeness (QED) is 0.660. The molecule has 0 radical (unpaired) electrons. The predicted octanol–water partition coefficient (Wildman–Crippen LogP) is 4.75. The molecule has 4 nitrogen and oxygen atoms in total. The van der Waals surface area contributed by atoms with Crippen LogP contribution in [0, 0.1) is 6.92 Å². The lowest BCUT2D eigenvalue weighted by Gasteiger charge is -2.42. The first kappa shape index (κ1) is 19.6. The van der Waals surface area contributed by atoms with Gasteiger partial charge in [0, 0.05) is 18.2 Å². The molecule has 0 spiro atoms. The number of hydrogen-bond donors (Lipinski definition) is 1. The Morgan fingerprint density at radius 1 is 0.968 bits per heavy atom. The second-order valence-electron chi connectivity index (χ2n) is 8.57. The highest BCUT2D eigenvalue weighted by Gasteiger charge is 2.48. The van der Waals surface area contributed by atoms with E-state index in [0.717, 1.165) is 35.1 Å². The largest absolute Gasteiger partial charge is 0.351 e. The third-order valence-corrected chi connectivity index (χ3v) is 6.29. The summed E-state index contributed by atoms with van der Waals surface area (Å²) in [6, 6.07) is 25.7. The zero-order valence-corrected chi connectivity index (χ0v) is 17.6. The molecule has 1 N–H and O–H groups in total. The van der Waals surface area contributed by atoms with Crippen molar-refractivity contribution in [3.05, 3.63) is 107 Å². The van der Waals surface area contributed by atoms with Crippen molar-refractivity contribution in [1.82, 2.24) is 10.2 Å². The summed E-state index contributed by atoms with van der Waals surface area (Å²) in [5.74, 6) is -0.447. The Balaban J connectivity index is 1.58. The fraction of sp³-hybridized carbons (Fsp3) is 0.259. The van der Waals surface area contributed by atoms with Crippen LogP contribution in [0.1, 0.15) is 57.4 Å². The third kappa shape index (κ3) is 3.74. The van der Waals surface area contributed by atoms with E-state index >= 15 is 0 Å². The van der Waals surface area contributed by atoms with Crippen LogP contribution in [0.2, 0.25) is 0 Å².